The van der Waals surface area contributed by atoms with Crippen molar-refractivity contribution in [2.75, 3.05) is 31.7 Å². The summed E-state index contributed by atoms with van der Waals surface area (Å²) < 4.78 is 10.5. The summed E-state index contributed by atoms with van der Waals surface area (Å²) in [5, 5.41) is 9.18. The maximum absolute atomic E-state index is 11.4. The van der Waals surface area contributed by atoms with E-state index < -0.39 is 5.97 Å². The van der Waals surface area contributed by atoms with Crippen molar-refractivity contribution >= 4 is 35.0 Å². The number of carbonyl (C=O) groups is 1. The average Bonchev–Trinajstić information content (AvgIpc) is 2.65. The van der Waals surface area contributed by atoms with Crippen LogP contribution in [0.5, 0.6) is 5.75 Å². The second-order valence-corrected chi connectivity index (χ2v) is 6.99. The number of aromatic nitrogens is 2. The second kappa shape index (κ2) is 8.56. The molecule has 0 unspecified atom stereocenters. The van der Waals surface area contributed by atoms with E-state index in [-0.39, 0.29) is 5.69 Å². The third-order valence-electron chi connectivity index (χ3n) is 4.31. The van der Waals surface area contributed by atoms with Crippen LogP contribution >= 0.6 is 23.2 Å². The number of piperidine rings is 1. The van der Waals surface area contributed by atoms with E-state index in [1.54, 1.807) is 30.3 Å². The molecule has 1 aliphatic rings. The molecule has 0 saturated carbocycles. The van der Waals surface area contributed by atoms with Crippen molar-refractivity contribution in [1.29, 1.82) is 0 Å². The fourth-order valence-corrected chi connectivity index (χ4v) is 3.37. The average molecular weight is 396 g/mol. The maximum Gasteiger partial charge on any atom is 0.358 e. The molecular formula is C18H19Cl2N3O3. The third kappa shape index (κ3) is 4.77. The Kier molecular flexibility index (Phi) is 6.16. The number of rotatable bonds is 5. The number of esters is 1. The molecule has 2 aromatic rings. The molecule has 3 rings (SSSR count). The Bertz CT molecular complexity index is 743. The van der Waals surface area contributed by atoms with Gasteiger partial charge >= 0.3 is 5.97 Å². The molecule has 138 valence electrons. The van der Waals surface area contributed by atoms with E-state index in [2.05, 4.69) is 19.8 Å². The fourth-order valence-electron chi connectivity index (χ4n) is 2.86. The normalized spacial score (nSPS) is 15.0. The van der Waals surface area contributed by atoms with Crippen molar-refractivity contribution in [2.45, 2.75) is 12.8 Å². The molecule has 1 aromatic carbocycles. The smallest absolute Gasteiger partial charge is 0.358 e. The van der Waals surface area contributed by atoms with E-state index in [0.717, 1.165) is 31.7 Å². The van der Waals surface area contributed by atoms with E-state index in [0.29, 0.717) is 28.3 Å². The first-order valence-electron chi connectivity index (χ1n) is 8.31. The molecule has 0 spiro atoms. The van der Waals surface area contributed by atoms with Gasteiger partial charge in [0.15, 0.2) is 11.5 Å². The van der Waals surface area contributed by atoms with Gasteiger partial charge in [-0.15, -0.1) is 10.2 Å². The number of nitrogens with zero attached hydrogens (tertiary/aromatic N) is 3. The molecular weight excluding hydrogens is 377 g/mol. The standard InChI is InChI=1S/C18H19Cl2N3O3/c1-25-18(24)16-2-3-17(22-21-16)23-6-4-12(5-7-23)11-26-15-9-13(19)8-14(20)10-15/h2-3,8-10,12H,4-7,11H2,1H3. The first-order valence-corrected chi connectivity index (χ1v) is 9.06. The van der Waals surface area contributed by atoms with Crippen molar-refractivity contribution in [3.05, 3.63) is 46.1 Å². The number of anilines is 1. The number of hydrogen-bond donors (Lipinski definition) is 0. The Balaban J connectivity index is 1.50. The van der Waals surface area contributed by atoms with Gasteiger partial charge in [-0.2, -0.15) is 0 Å². The lowest BCUT2D eigenvalue weighted by Crippen LogP contribution is -2.36. The molecule has 26 heavy (non-hydrogen) atoms. The van der Waals surface area contributed by atoms with Crippen LogP contribution in [0.3, 0.4) is 0 Å². The molecule has 8 heteroatoms. The van der Waals surface area contributed by atoms with Crippen molar-refractivity contribution in [3.63, 3.8) is 0 Å². The summed E-state index contributed by atoms with van der Waals surface area (Å²) in [7, 11) is 1.32. The zero-order valence-electron chi connectivity index (χ0n) is 14.3. The predicted octanol–water partition coefficient (Wildman–Crippen LogP) is 3.87. The Hall–Kier alpha value is -2.05. The highest BCUT2D eigenvalue weighted by Gasteiger charge is 2.21. The van der Waals surface area contributed by atoms with E-state index in [1.807, 2.05) is 0 Å². The minimum Gasteiger partial charge on any atom is -0.493 e. The Morgan fingerprint density at radius 3 is 2.42 bits per heavy atom. The maximum atomic E-state index is 11.4. The van der Waals surface area contributed by atoms with Crippen molar-refractivity contribution in [2.24, 2.45) is 5.92 Å². The van der Waals surface area contributed by atoms with Gasteiger partial charge in [-0.1, -0.05) is 23.2 Å². The number of benzene rings is 1. The zero-order chi connectivity index (χ0) is 18.5. The fraction of sp³-hybridized carbons (Fsp3) is 0.389. The highest BCUT2D eigenvalue weighted by Crippen LogP contribution is 2.26. The molecule has 1 fully saturated rings. The molecule has 2 heterocycles. The molecule has 0 atom stereocenters. The van der Waals surface area contributed by atoms with Crippen molar-refractivity contribution in [3.8, 4) is 5.75 Å². The number of halogens is 2. The first-order chi connectivity index (χ1) is 12.5. The van der Waals surface area contributed by atoms with E-state index in [9.17, 15) is 4.79 Å². The molecule has 0 radical (unpaired) electrons. The van der Waals surface area contributed by atoms with Gasteiger partial charge in [-0.25, -0.2) is 4.79 Å². The van der Waals surface area contributed by atoms with Crippen LogP contribution < -0.4 is 9.64 Å². The van der Waals surface area contributed by atoms with Crippen LogP contribution in [-0.4, -0.2) is 43.0 Å². The van der Waals surface area contributed by atoms with Crippen LogP contribution in [0.15, 0.2) is 30.3 Å². The molecule has 1 aliphatic heterocycles. The predicted molar refractivity (Wildman–Crippen MR) is 100 cm³/mol. The highest BCUT2D eigenvalue weighted by atomic mass is 35.5. The summed E-state index contributed by atoms with van der Waals surface area (Å²) >= 11 is 12.0. The molecule has 0 N–H and O–H groups in total. The van der Waals surface area contributed by atoms with Crippen LogP contribution in [0.1, 0.15) is 23.3 Å². The van der Waals surface area contributed by atoms with Crippen molar-refractivity contribution in [1.82, 2.24) is 10.2 Å². The van der Waals surface area contributed by atoms with Crippen LogP contribution in [0, 0.1) is 5.92 Å². The first kappa shape index (κ1) is 18.7. The second-order valence-electron chi connectivity index (χ2n) is 6.11. The summed E-state index contributed by atoms with van der Waals surface area (Å²) in [4.78, 5) is 13.6. The van der Waals surface area contributed by atoms with E-state index >= 15 is 0 Å². The van der Waals surface area contributed by atoms with Crippen LogP contribution in [0.25, 0.3) is 0 Å². The van der Waals surface area contributed by atoms with Gasteiger partial charge < -0.3 is 14.4 Å². The van der Waals surface area contributed by atoms with Gasteiger partial charge in [0.25, 0.3) is 0 Å². The van der Waals surface area contributed by atoms with Gasteiger partial charge in [0.1, 0.15) is 5.75 Å². The minimum absolute atomic E-state index is 0.208. The lowest BCUT2D eigenvalue weighted by Gasteiger charge is -2.32. The Labute approximate surface area is 162 Å². The summed E-state index contributed by atoms with van der Waals surface area (Å²) in [5.74, 6) is 1.42. The third-order valence-corrected chi connectivity index (χ3v) is 4.74. The van der Waals surface area contributed by atoms with Crippen LogP contribution in [-0.2, 0) is 4.74 Å². The quantitative estimate of drug-likeness (QED) is 0.715. The summed E-state index contributed by atoms with van der Waals surface area (Å²) in [6.07, 6.45) is 1.96. The molecule has 0 amide bonds. The Morgan fingerprint density at radius 1 is 1.15 bits per heavy atom. The largest absolute Gasteiger partial charge is 0.493 e. The number of hydrogen-bond acceptors (Lipinski definition) is 6. The number of ether oxygens (including phenoxy) is 2. The molecule has 0 bridgehead atoms. The van der Waals surface area contributed by atoms with Gasteiger partial charge in [0.2, 0.25) is 0 Å². The van der Waals surface area contributed by atoms with Crippen LogP contribution in [0.4, 0.5) is 5.82 Å². The molecule has 1 aromatic heterocycles. The summed E-state index contributed by atoms with van der Waals surface area (Å²) in [6.45, 7) is 2.34. The molecule has 0 aliphatic carbocycles. The monoisotopic (exact) mass is 395 g/mol. The zero-order valence-corrected chi connectivity index (χ0v) is 15.8. The molecule has 6 nitrogen and oxygen atoms in total. The number of methoxy groups -OCH3 is 1. The lowest BCUT2D eigenvalue weighted by molar-refractivity contribution is 0.0592. The van der Waals surface area contributed by atoms with Gasteiger partial charge in [0.05, 0.1) is 13.7 Å². The highest BCUT2D eigenvalue weighted by molar-refractivity contribution is 6.34. The SMILES string of the molecule is COC(=O)c1ccc(N2CCC(COc3cc(Cl)cc(Cl)c3)CC2)nn1. The van der Waals surface area contributed by atoms with Gasteiger partial charge in [-0.05, 0) is 49.1 Å². The van der Waals surface area contributed by atoms with Crippen molar-refractivity contribution < 1.29 is 14.3 Å². The van der Waals surface area contributed by atoms with E-state index in [1.165, 1.54) is 7.11 Å². The van der Waals surface area contributed by atoms with Gasteiger partial charge in [0, 0.05) is 23.1 Å². The lowest BCUT2D eigenvalue weighted by atomic mass is 9.98. The topological polar surface area (TPSA) is 64.5 Å². The minimum atomic E-state index is -0.485. The summed E-state index contributed by atoms with van der Waals surface area (Å²) in [5.41, 5.74) is 0.208. The van der Waals surface area contributed by atoms with Gasteiger partial charge in [-0.3, -0.25) is 0 Å². The molecule has 1 saturated heterocycles. The number of carbonyl (C=O) groups excluding carboxylic acids is 1. The Morgan fingerprint density at radius 2 is 1.85 bits per heavy atom. The van der Waals surface area contributed by atoms with E-state index in [4.69, 9.17) is 27.9 Å². The van der Waals surface area contributed by atoms with Crippen LogP contribution in [0.2, 0.25) is 10.0 Å². The summed E-state index contributed by atoms with van der Waals surface area (Å²) in [6, 6.07) is 8.64.